The van der Waals surface area contributed by atoms with Crippen LogP contribution >= 0.6 is 0 Å². The molecule has 0 spiro atoms. The summed E-state index contributed by atoms with van der Waals surface area (Å²) in [6.45, 7) is 12.7. The van der Waals surface area contributed by atoms with Crippen LogP contribution in [0.4, 0.5) is 0 Å². The maximum absolute atomic E-state index is 14.0. The number of hydrogen-bond donors (Lipinski definition) is 0. The van der Waals surface area contributed by atoms with Gasteiger partial charge in [0, 0.05) is 22.6 Å². The van der Waals surface area contributed by atoms with Crippen molar-refractivity contribution in [1.82, 2.24) is 0 Å². The molecule has 0 radical (unpaired) electrons. The fourth-order valence-electron chi connectivity index (χ4n) is 11.0. The first-order valence-corrected chi connectivity index (χ1v) is 19.8. The van der Waals surface area contributed by atoms with Gasteiger partial charge in [-0.1, -0.05) is 147 Å². The molecule has 6 aromatic carbocycles. The van der Waals surface area contributed by atoms with Crippen molar-refractivity contribution < 1.29 is 14.3 Å². The molecule has 0 saturated heterocycles. The largest absolute Gasteiger partial charge is 0.446 e. The fourth-order valence-corrected chi connectivity index (χ4v) is 11.0. The zero-order chi connectivity index (χ0) is 36.8. The van der Waals surface area contributed by atoms with E-state index < -0.39 is 11.2 Å². The third-order valence-corrected chi connectivity index (χ3v) is 13.3. The van der Waals surface area contributed by atoms with Crippen LogP contribution in [0.15, 0.2) is 140 Å². The van der Waals surface area contributed by atoms with Gasteiger partial charge in [-0.3, -0.25) is 0 Å². The highest BCUT2D eigenvalue weighted by atomic mass is 16.6. The molecule has 54 heavy (non-hydrogen) atoms. The van der Waals surface area contributed by atoms with E-state index in [1.54, 1.807) is 6.92 Å². The van der Waals surface area contributed by atoms with Crippen LogP contribution in [0.5, 0.6) is 0 Å². The van der Waals surface area contributed by atoms with Gasteiger partial charge in [-0.2, -0.15) is 0 Å². The number of hydrogen-bond acceptors (Lipinski definition) is 3. The molecule has 4 atom stereocenters. The number of benzene rings is 6. The summed E-state index contributed by atoms with van der Waals surface area (Å²) in [5.74, 6) is 0.181. The second kappa shape index (κ2) is 12.4. The molecule has 2 saturated carbocycles. The summed E-state index contributed by atoms with van der Waals surface area (Å²) in [5, 5.41) is 4.91. The molecule has 0 N–H and O–H groups in total. The quantitative estimate of drug-likeness (QED) is 0.0898. The minimum atomic E-state index is -0.992. The Kier molecular flexibility index (Phi) is 7.65. The lowest BCUT2D eigenvalue weighted by atomic mass is 9.55. The first kappa shape index (κ1) is 33.3. The van der Waals surface area contributed by atoms with Gasteiger partial charge >= 0.3 is 5.97 Å². The number of esters is 1. The number of ether oxygens (including phenoxy) is 2. The number of carbonyl (C=O) groups excluding carboxylic acids is 1. The molecule has 4 unspecified atom stereocenters. The van der Waals surface area contributed by atoms with Gasteiger partial charge in [-0.15, -0.1) is 0 Å². The Bertz CT molecular complexity index is 2550. The minimum Gasteiger partial charge on any atom is -0.446 e. The van der Waals surface area contributed by atoms with Crippen molar-refractivity contribution in [2.45, 2.75) is 69.5 Å². The molecule has 0 amide bonds. The molecule has 2 fully saturated rings. The number of rotatable bonds is 8. The fraction of sp³-hybridized carbons (Fsp3) is 0.275. The molecule has 0 aliphatic heterocycles. The van der Waals surface area contributed by atoms with Crippen molar-refractivity contribution in [2.75, 3.05) is 6.61 Å². The van der Waals surface area contributed by atoms with E-state index in [9.17, 15) is 4.79 Å². The van der Waals surface area contributed by atoms with Crippen molar-refractivity contribution in [1.29, 1.82) is 0 Å². The molecule has 4 aliphatic rings. The molecule has 3 nitrogen and oxygen atoms in total. The standard InChI is InChI=1S/C51H46O3/c1-31(2)30-53-50(34-16-5-6-17-34)42-23-9-7-19-37(42)41-22-13-21-39-35(26-29-46(50)48(39)41)38-27-28-44(38)51(54-49(52)32(3)4)43-24-10-8-18-36(43)40-20-11-14-33-15-12-25-45(51)47(33)40/h7-15,18-26,29,34,38,44H,1,3,5-6,16-17,27-28,30H2,2,4H3. The van der Waals surface area contributed by atoms with Crippen molar-refractivity contribution in [3.05, 3.63) is 167 Å². The highest BCUT2D eigenvalue weighted by molar-refractivity contribution is 6.06. The van der Waals surface area contributed by atoms with Crippen LogP contribution in [-0.4, -0.2) is 12.6 Å². The van der Waals surface area contributed by atoms with Crippen molar-refractivity contribution in [2.24, 2.45) is 11.8 Å². The topological polar surface area (TPSA) is 35.5 Å². The molecule has 268 valence electrons. The second-order valence-corrected chi connectivity index (χ2v) is 16.4. The lowest BCUT2D eigenvalue weighted by molar-refractivity contribution is -0.162. The van der Waals surface area contributed by atoms with Crippen molar-refractivity contribution >= 4 is 27.5 Å². The Labute approximate surface area is 318 Å². The van der Waals surface area contributed by atoms with Gasteiger partial charge in [0.2, 0.25) is 0 Å². The molecular weight excluding hydrogens is 661 g/mol. The summed E-state index contributed by atoms with van der Waals surface area (Å²) in [4.78, 5) is 14.0. The van der Waals surface area contributed by atoms with Crippen LogP contribution in [0, 0.1) is 11.8 Å². The zero-order valence-corrected chi connectivity index (χ0v) is 31.3. The summed E-state index contributed by atoms with van der Waals surface area (Å²) < 4.78 is 14.3. The van der Waals surface area contributed by atoms with Gasteiger partial charge in [0.15, 0.2) is 5.60 Å². The summed E-state index contributed by atoms with van der Waals surface area (Å²) in [6.07, 6.45) is 6.67. The predicted octanol–water partition coefficient (Wildman–Crippen LogP) is 12.5. The molecule has 0 aromatic heterocycles. The Morgan fingerprint density at radius 1 is 0.630 bits per heavy atom. The van der Waals surface area contributed by atoms with Crippen LogP contribution in [0.1, 0.15) is 86.1 Å². The highest BCUT2D eigenvalue weighted by Gasteiger charge is 2.57. The smallest absolute Gasteiger partial charge is 0.334 e. The van der Waals surface area contributed by atoms with E-state index in [-0.39, 0.29) is 17.8 Å². The predicted molar refractivity (Wildman–Crippen MR) is 219 cm³/mol. The zero-order valence-electron chi connectivity index (χ0n) is 31.3. The summed E-state index contributed by atoms with van der Waals surface area (Å²) >= 11 is 0. The van der Waals surface area contributed by atoms with E-state index >= 15 is 0 Å². The maximum Gasteiger partial charge on any atom is 0.334 e. The summed E-state index contributed by atoms with van der Waals surface area (Å²) in [6, 6.07) is 42.2. The van der Waals surface area contributed by atoms with E-state index in [2.05, 4.69) is 135 Å². The van der Waals surface area contributed by atoms with Gasteiger partial charge in [0.05, 0.1) is 6.61 Å². The molecule has 6 aromatic rings. The summed E-state index contributed by atoms with van der Waals surface area (Å²) in [5.41, 5.74) is 10.8. The van der Waals surface area contributed by atoms with Crippen molar-refractivity contribution in [3.63, 3.8) is 0 Å². The molecular formula is C51H46O3. The normalized spacial score (nSPS) is 23.7. The average Bonchev–Trinajstić information content (AvgIpc) is 3.73. The first-order chi connectivity index (χ1) is 26.3. The van der Waals surface area contributed by atoms with Crippen LogP contribution in [-0.2, 0) is 25.5 Å². The average molecular weight is 707 g/mol. The lowest BCUT2D eigenvalue weighted by Crippen LogP contribution is -2.49. The van der Waals surface area contributed by atoms with E-state index in [1.165, 1.54) is 62.4 Å². The second-order valence-electron chi connectivity index (χ2n) is 16.4. The van der Waals surface area contributed by atoms with Gasteiger partial charge in [0.1, 0.15) is 5.60 Å². The van der Waals surface area contributed by atoms with Crippen LogP contribution in [0.3, 0.4) is 0 Å². The van der Waals surface area contributed by atoms with E-state index in [0.717, 1.165) is 53.3 Å². The van der Waals surface area contributed by atoms with Crippen LogP contribution in [0.2, 0.25) is 0 Å². The third kappa shape index (κ3) is 4.54. The SMILES string of the molecule is C=C(C)COC1(C2CCCC2)c2ccccc2-c2cccc3c(C4CCC4C4(OC(=O)C(=C)C)c5ccccc5-c5cccc6cccc4c56)ccc1c23. The highest BCUT2D eigenvalue weighted by Crippen LogP contribution is 2.63. The monoisotopic (exact) mass is 706 g/mol. The van der Waals surface area contributed by atoms with Crippen LogP contribution < -0.4 is 0 Å². The Morgan fingerprint density at radius 2 is 1.22 bits per heavy atom. The van der Waals surface area contributed by atoms with Gasteiger partial charge in [-0.05, 0) is 112 Å². The molecule has 4 aliphatic carbocycles. The van der Waals surface area contributed by atoms with Gasteiger partial charge in [-0.25, -0.2) is 4.79 Å². The third-order valence-electron chi connectivity index (χ3n) is 13.3. The van der Waals surface area contributed by atoms with E-state index in [1.807, 2.05) is 0 Å². The van der Waals surface area contributed by atoms with E-state index in [4.69, 9.17) is 9.47 Å². The summed E-state index contributed by atoms with van der Waals surface area (Å²) in [7, 11) is 0. The molecule has 3 heteroatoms. The van der Waals surface area contributed by atoms with E-state index in [0.29, 0.717) is 18.1 Å². The van der Waals surface area contributed by atoms with Gasteiger partial charge < -0.3 is 9.47 Å². The molecule has 0 bridgehead atoms. The maximum atomic E-state index is 14.0. The molecule has 10 rings (SSSR count). The Balaban J connectivity index is 1.22. The first-order valence-electron chi connectivity index (χ1n) is 19.8. The molecule has 0 heterocycles. The van der Waals surface area contributed by atoms with Gasteiger partial charge in [0.25, 0.3) is 0 Å². The minimum absolute atomic E-state index is 0.00749. The Morgan fingerprint density at radius 3 is 1.89 bits per heavy atom. The lowest BCUT2D eigenvalue weighted by Gasteiger charge is -2.52. The number of fused-ring (bicyclic) bond motifs is 4. The number of carbonyl (C=O) groups is 1. The Hall–Kier alpha value is -5.25. The van der Waals surface area contributed by atoms with Crippen molar-refractivity contribution in [3.8, 4) is 22.3 Å². The van der Waals surface area contributed by atoms with Crippen LogP contribution in [0.25, 0.3) is 43.8 Å².